The summed E-state index contributed by atoms with van der Waals surface area (Å²) in [6, 6.07) is 0. The maximum absolute atomic E-state index is 15.5. The molecule has 12 unspecified atom stereocenters. The van der Waals surface area contributed by atoms with Crippen LogP contribution in [0.2, 0.25) is 0 Å². The van der Waals surface area contributed by atoms with Crippen LogP contribution < -0.4 is 0 Å². The molecule has 0 aromatic heterocycles. The molecule has 5 aliphatic carbocycles. The van der Waals surface area contributed by atoms with Crippen LogP contribution in [-0.4, -0.2) is 231 Å². The Morgan fingerprint density at radius 3 is 1.04 bits per heavy atom. The zero-order valence-corrected chi connectivity index (χ0v) is 60.7. The van der Waals surface area contributed by atoms with Crippen LogP contribution in [0.15, 0.2) is 164 Å². The van der Waals surface area contributed by atoms with Gasteiger partial charge in [-0.1, -0.05) is 101 Å². The summed E-state index contributed by atoms with van der Waals surface area (Å²) in [7, 11) is 0. The largest absolute Gasteiger partial charge is 0.507 e. The molecule has 0 saturated carbocycles. The van der Waals surface area contributed by atoms with Crippen molar-refractivity contribution in [3.63, 3.8) is 0 Å². The van der Waals surface area contributed by atoms with Crippen molar-refractivity contribution in [2.45, 2.75) is 179 Å². The molecular formula is C78H88O30. The Hall–Kier alpha value is -9.02. The average Bonchev–Trinajstić information content (AvgIpc) is 1.55. The highest BCUT2D eigenvalue weighted by Crippen LogP contribution is 2.58. The van der Waals surface area contributed by atoms with Crippen LogP contribution in [0, 0.1) is 45.3 Å². The van der Waals surface area contributed by atoms with Crippen molar-refractivity contribution in [3.05, 3.63) is 164 Å². The van der Waals surface area contributed by atoms with Gasteiger partial charge in [0.25, 0.3) is 0 Å². The molecule has 6 aliphatic heterocycles. The number of allylic oxidation sites excluding steroid dienone is 10. The Morgan fingerprint density at radius 1 is 0.426 bits per heavy atom. The molecule has 22 atom stereocenters. The molecule has 8 bridgehead atoms. The van der Waals surface area contributed by atoms with Crippen LogP contribution in [0.5, 0.6) is 0 Å². The molecule has 0 amide bonds. The second-order valence-electron chi connectivity index (χ2n) is 30.8. The number of aldehydes is 2. The summed E-state index contributed by atoms with van der Waals surface area (Å²) >= 11 is 0. The molecule has 6 fully saturated rings. The van der Waals surface area contributed by atoms with E-state index in [4.69, 9.17) is 37.9 Å². The molecule has 11 rings (SSSR count). The summed E-state index contributed by atoms with van der Waals surface area (Å²) in [6.45, 7) is 12.1. The van der Waals surface area contributed by atoms with E-state index in [1.165, 1.54) is 102 Å². The number of ketones is 4. The number of aliphatic hydroxyl groups excluding tert-OH is 12. The Bertz CT molecular complexity index is 4100. The first-order chi connectivity index (χ1) is 50.6. The van der Waals surface area contributed by atoms with E-state index in [0.29, 0.717) is 23.7 Å². The monoisotopic (exact) mass is 1500 g/mol. The number of aliphatic hydroxyl groups is 12. The van der Waals surface area contributed by atoms with E-state index in [2.05, 4.69) is 0 Å². The summed E-state index contributed by atoms with van der Waals surface area (Å²) in [6.07, 6.45) is -0.245. The lowest BCUT2D eigenvalue weighted by atomic mass is 9.60. The lowest BCUT2D eigenvalue weighted by Gasteiger charge is -2.46. The van der Waals surface area contributed by atoms with Crippen molar-refractivity contribution in [3.8, 4) is 0 Å². The first-order valence-corrected chi connectivity index (χ1v) is 35.2. The van der Waals surface area contributed by atoms with Crippen molar-refractivity contribution in [1.29, 1.82) is 0 Å². The van der Waals surface area contributed by atoms with E-state index in [0.717, 1.165) is 24.3 Å². The third-order valence-corrected chi connectivity index (χ3v) is 23.7. The van der Waals surface area contributed by atoms with Gasteiger partial charge in [0.1, 0.15) is 107 Å². The predicted octanol–water partition coefficient (Wildman–Crippen LogP) is 2.75. The van der Waals surface area contributed by atoms with Gasteiger partial charge in [-0.05, 0) is 111 Å². The lowest BCUT2D eigenvalue weighted by molar-refractivity contribution is -0.299. The van der Waals surface area contributed by atoms with Crippen molar-refractivity contribution < 1.29 is 147 Å². The third-order valence-electron chi connectivity index (χ3n) is 23.7. The van der Waals surface area contributed by atoms with Crippen LogP contribution in [0.3, 0.4) is 0 Å². The quantitative estimate of drug-likeness (QED) is 0.0492. The Morgan fingerprint density at radius 2 is 0.722 bits per heavy atom. The number of carbonyl (C=O) groups is 10. The highest BCUT2D eigenvalue weighted by molar-refractivity contribution is 6.29. The number of fused-ring (bicyclic) bond motifs is 4. The van der Waals surface area contributed by atoms with E-state index >= 15 is 19.2 Å². The summed E-state index contributed by atoms with van der Waals surface area (Å²) in [5.74, 6) is -17.0. The summed E-state index contributed by atoms with van der Waals surface area (Å²) in [4.78, 5) is 145. The van der Waals surface area contributed by atoms with Crippen LogP contribution in [0.1, 0.15) is 94.9 Å². The summed E-state index contributed by atoms with van der Waals surface area (Å²) < 4.78 is 47.4. The Balaban J connectivity index is 1.08. The molecule has 30 nitrogen and oxygen atoms in total. The fraction of sp³-hybridized carbons (Fsp3) is 0.513. The molecule has 11 aliphatic rings. The average molecular weight is 1510 g/mol. The maximum Gasteiger partial charge on any atom is 0.346 e. The van der Waals surface area contributed by atoms with E-state index in [1.54, 1.807) is 27.7 Å². The standard InChI is InChI=1S/C78H88O30/c1-35-13-11-17-71(7)27-43(33-101-69-59(91)57(89)55(87)47(31-81)103-69)39(5)23-75(71)61(93)49(65(97)105-75)46(84)16-20-74(10)26-42(30-80)38(4)22-78(74)64(96)52(68(100)108-78)54(86)36(2)14-12-18-72(8)28-44(34-102-70-60(92)58(90)56(88)48(32-82)104-70)40(6)24-76(72)62(94)50(66(98)106-76)45(83)15-19-73(9)25-41(29-79)37(3)21-77(73)63(95)51(53(35)85)67(99)107-77/h11-20,25-30,37-40,47-48,55-60,69-70,81-92H,21-24,31-34H2,1-10H3/b17-11+,18-12+,19-15+,20-16+,35-13-,36-14-,49-46-,50-45-,53-51-,54-52+/t37?,38?,39?,40?,47-,48-,55+,56+,57+,58+,59-,60-,69+,70+,71?,72?,73?,74?,75?,76?,77?,78?/m1/s1. The molecule has 0 aromatic carbocycles. The molecule has 4 spiro atoms. The highest BCUT2D eigenvalue weighted by Gasteiger charge is 2.69. The first kappa shape index (κ1) is 80.0. The molecule has 0 radical (unpaired) electrons. The van der Waals surface area contributed by atoms with Gasteiger partial charge < -0.3 is 99.2 Å². The number of ether oxygens (including phenoxy) is 8. The van der Waals surface area contributed by atoms with E-state index in [9.17, 15) is 90.0 Å². The summed E-state index contributed by atoms with van der Waals surface area (Å²) in [5.41, 5.74) is -20.0. The number of carbonyl (C=O) groups excluding carboxylic acids is 10. The zero-order valence-electron chi connectivity index (χ0n) is 60.7. The van der Waals surface area contributed by atoms with Gasteiger partial charge in [-0.15, -0.1) is 0 Å². The van der Waals surface area contributed by atoms with Crippen molar-refractivity contribution in [2.24, 2.45) is 45.3 Å². The number of esters is 4. The fourth-order valence-corrected chi connectivity index (χ4v) is 16.8. The Labute approximate surface area is 618 Å². The molecule has 0 aromatic rings. The number of Topliss-reactive ketones (excluding diaryl/α,β-unsaturated/α-hetero) is 4. The summed E-state index contributed by atoms with van der Waals surface area (Å²) in [5, 5.41) is 132. The van der Waals surface area contributed by atoms with Crippen LogP contribution >= 0.6 is 0 Å². The number of rotatable bonds is 10. The van der Waals surface area contributed by atoms with Crippen molar-refractivity contribution in [1.82, 2.24) is 0 Å². The predicted molar refractivity (Wildman–Crippen MR) is 369 cm³/mol. The molecule has 108 heavy (non-hydrogen) atoms. The van der Waals surface area contributed by atoms with Gasteiger partial charge in [0, 0.05) is 25.7 Å². The van der Waals surface area contributed by atoms with E-state index in [-0.39, 0.29) is 35.1 Å². The van der Waals surface area contributed by atoms with Crippen LogP contribution in [-0.2, 0) is 85.8 Å². The fourth-order valence-electron chi connectivity index (χ4n) is 16.8. The zero-order chi connectivity index (χ0) is 79.4. The topological polar surface area (TPSA) is 487 Å². The first-order valence-electron chi connectivity index (χ1n) is 35.2. The maximum atomic E-state index is 15.5. The second kappa shape index (κ2) is 28.8. The van der Waals surface area contributed by atoms with Gasteiger partial charge in [0.2, 0.25) is 23.1 Å². The molecule has 6 heterocycles. The highest BCUT2D eigenvalue weighted by atomic mass is 16.7. The van der Waals surface area contributed by atoms with Crippen molar-refractivity contribution in [2.75, 3.05) is 26.4 Å². The minimum Gasteiger partial charge on any atom is -0.507 e. The minimum atomic E-state index is -2.33. The molecular weight excluding hydrogens is 1420 g/mol. The van der Waals surface area contributed by atoms with E-state index in [1.807, 2.05) is 0 Å². The molecule has 30 heteroatoms. The lowest BCUT2D eigenvalue weighted by Crippen LogP contribution is -2.59. The second-order valence-corrected chi connectivity index (χ2v) is 30.8. The van der Waals surface area contributed by atoms with Crippen LogP contribution in [0.4, 0.5) is 0 Å². The van der Waals surface area contributed by atoms with Gasteiger partial charge in [-0.2, -0.15) is 0 Å². The van der Waals surface area contributed by atoms with Gasteiger partial charge in [0.15, 0.2) is 35.0 Å². The molecule has 12 N–H and O–H groups in total. The third kappa shape index (κ3) is 12.5. The van der Waals surface area contributed by atoms with Gasteiger partial charge in [-0.25, -0.2) is 19.2 Å². The van der Waals surface area contributed by atoms with Gasteiger partial charge >= 0.3 is 23.9 Å². The van der Waals surface area contributed by atoms with E-state index < -0.39 is 261 Å². The Kier molecular flexibility index (Phi) is 21.3. The molecule has 6 saturated heterocycles. The smallest absolute Gasteiger partial charge is 0.346 e. The minimum absolute atomic E-state index is 0.0877. The van der Waals surface area contributed by atoms with Gasteiger partial charge in [-0.3, -0.25) is 28.8 Å². The molecule has 580 valence electrons. The SMILES string of the molecule is CC1=C/C=C/C2(C)C=C(CO[C@H]3O[C@H](CO)[C@H](O)[C@H](O)[C@H]3O)C(C)CC23OC(=O)/C(=C(O)/C=C/C2(C)C=C(C=O)C(C)CC24OC(=O)\C(=C(O)/C(C)=C\C=C\C2(C)C=C(CO[C@H]5O[C@H](CO)[C@H](O)[C@H](O)[C@H]5O)C(C)CC25OC(=O)/C(=C(O)/C=C/C2(C)C=C(C=O)C(C)CC26OC(=O)\C(=C\1O)C6=O)C5=O)C4=O)C3=O. The number of hydrogen-bond donors (Lipinski definition) is 12. The van der Waals surface area contributed by atoms with Crippen LogP contribution in [0.25, 0.3) is 0 Å². The van der Waals surface area contributed by atoms with Gasteiger partial charge in [0.05, 0.1) is 48.1 Å². The number of hydrogen-bond acceptors (Lipinski definition) is 30. The normalized spacial score (nSPS) is 45.9. The van der Waals surface area contributed by atoms with Crippen molar-refractivity contribution >= 4 is 59.6 Å².